The van der Waals surface area contributed by atoms with Gasteiger partial charge in [-0.25, -0.2) is 4.98 Å². The zero-order chi connectivity index (χ0) is 12.4. The largest absolute Gasteiger partial charge is 0.369 e. The maximum Gasteiger partial charge on any atom is 0.252 e. The first-order valence-electron chi connectivity index (χ1n) is 5.73. The fourth-order valence-corrected chi connectivity index (χ4v) is 1.80. The van der Waals surface area contributed by atoms with Gasteiger partial charge in [0.25, 0.3) is 5.56 Å². The first kappa shape index (κ1) is 12.3. The maximum absolute atomic E-state index is 11.4. The van der Waals surface area contributed by atoms with Gasteiger partial charge in [0.2, 0.25) is 0 Å². The minimum atomic E-state index is -0.867. The molecule has 0 amide bonds. The fraction of sp³-hybridized carbons (Fsp3) is 0.636. The van der Waals surface area contributed by atoms with Gasteiger partial charge in [-0.2, -0.15) is 0 Å². The van der Waals surface area contributed by atoms with E-state index >= 15 is 0 Å². The molecule has 0 bridgehead atoms. The molecule has 2 N–H and O–H groups in total. The van der Waals surface area contributed by atoms with Crippen LogP contribution < -0.4 is 10.9 Å². The van der Waals surface area contributed by atoms with E-state index in [4.69, 9.17) is 0 Å². The highest BCUT2D eigenvalue weighted by molar-refractivity contribution is 7.84. The Balaban J connectivity index is 2.05. The number of hydrogen-bond donors (Lipinski definition) is 2. The second kappa shape index (κ2) is 5.00. The summed E-state index contributed by atoms with van der Waals surface area (Å²) in [4.78, 5) is 18.5. The molecule has 6 heteroatoms. The average Bonchev–Trinajstić information content (AvgIpc) is 3.08. The van der Waals surface area contributed by atoms with E-state index < -0.39 is 10.8 Å². The van der Waals surface area contributed by atoms with Crippen LogP contribution in [0.15, 0.2) is 10.9 Å². The van der Waals surface area contributed by atoms with Crippen molar-refractivity contribution in [3.63, 3.8) is 0 Å². The predicted molar refractivity (Wildman–Crippen MR) is 68.9 cm³/mol. The molecule has 2 unspecified atom stereocenters. The summed E-state index contributed by atoms with van der Waals surface area (Å²) in [7, 11) is -0.867. The van der Waals surface area contributed by atoms with Crippen molar-refractivity contribution in [1.82, 2.24) is 9.97 Å². The normalized spacial score (nSPS) is 18.7. The van der Waals surface area contributed by atoms with Crippen molar-refractivity contribution in [2.45, 2.75) is 30.9 Å². The molecular weight excluding hydrogens is 238 g/mol. The van der Waals surface area contributed by atoms with Crippen molar-refractivity contribution in [2.24, 2.45) is 0 Å². The number of anilines is 1. The van der Waals surface area contributed by atoms with Crippen LogP contribution in [0.3, 0.4) is 0 Å². The summed E-state index contributed by atoms with van der Waals surface area (Å²) in [6, 6.07) is 1.44. The molecule has 0 radical (unpaired) electrons. The van der Waals surface area contributed by atoms with Gasteiger partial charge in [-0.1, -0.05) is 0 Å². The quantitative estimate of drug-likeness (QED) is 0.817. The van der Waals surface area contributed by atoms with Gasteiger partial charge in [-0.05, 0) is 19.8 Å². The van der Waals surface area contributed by atoms with Gasteiger partial charge < -0.3 is 10.3 Å². The van der Waals surface area contributed by atoms with Crippen molar-refractivity contribution in [2.75, 3.05) is 18.1 Å². The third-order valence-electron chi connectivity index (χ3n) is 2.86. The maximum atomic E-state index is 11.4. The van der Waals surface area contributed by atoms with E-state index in [2.05, 4.69) is 15.3 Å². The van der Waals surface area contributed by atoms with Crippen LogP contribution in [0.2, 0.25) is 0 Å². The zero-order valence-electron chi connectivity index (χ0n) is 10.0. The average molecular weight is 255 g/mol. The minimum absolute atomic E-state index is 0.0421. The van der Waals surface area contributed by atoms with Crippen LogP contribution in [-0.2, 0) is 10.8 Å². The Morgan fingerprint density at radius 2 is 2.35 bits per heavy atom. The number of nitrogens with one attached hydrogen (secondary N) is 2. The Morgan fingerprint density at radius 3 is 2.94 bits per heavy atom. The SMILES string of the molecule is CC(CNc1cc(=O)[nH]c(C2CC2)n1)S(C)=O. The molecule has 1 aromatic heterocycles. The predicted octanol–water partition coefficient (Wildman–Crippen LogP) is 0.826. The van der Waals surface area contributed by atoms with E-state index in [1.807, 2.05) is 6.92 Å². The van der Waals surface area contributed by atoms with Gasteiger partial charge in [-0.15, -0.1) is 0 Å². The summed E-state index contributed by atoms with van der Waals surface area (Å²) >= 11 is 0. The van der Waals surface area contributed by atoms with Gasteiger partial charge in [0.1, 0.15) is 11.6 Å². The molecule has 0 aromatic carbocycles. The van der Waals surface area contributed by atoms with Gasteiger partial charge in [0, 0.05) is 40.8 Å². The fourth-order valence-electron chi connectivity index (χ4n) is 1.48. The molecule has 1 fully saturated rings. The van der Waals surface area contributed by atoms with Crippen LogP contribution in [0, 0.1) is 0 Å². The number of aromatic nitrogens is 2. The second-order valence-electron chi connectivity index (χ2n) is 4.48. The summed E-state index contributed by atoms with van der Waals surface area (Å²) in [6.45, 7) is 2.46. The molecule has 2 rings (SSSR count). The Bertz CT molecular complexity index is 482. The lowest BCUT2D eigenvalue weighted by atomic mass is 10.4. The molecule has 0 saturated heterocycles. The summed E-state index contributed by atoms with van der Waals surface area (Å²) in [6.07, 6.45) is 3.87. The second-order valence-corrected chi connectivity index (χ2v) is 6.28. The smallest absolute Gasteiger partial charge is 0.252 e. The molecule has 0 spiro atoms. The topological polar surface area (TPSA) is 74.8 Å². The molecule has 1 saturated carbocycles. The Hall–Kier alpha value is -1.17. The van der Waals surface area contributed by atoms with E-state index in [9.17, 15) is 9.00 Å². The van der Waals surface area contributed by atoms with Crippen LogP contribution in [-0.4, -0.2) is 32.2 Å². The lowest BCUT2D eigenvalue weighted by molar-refractivity contribution is 0.678. The van der Waals surface area contributed by atoms with Gasteiger partial charge in [0.15, 0.2) is 0 Å². The van der Waals surface area contributed by atoms with E-state index in [1.165, 1.54) is 6.07 Å². The highest BCUT2D eigenvalue weighted by Gasteiger charge is 2.26. The molecule has 5 nitrogen and oxygen atoms in total. The van der Waals surface area contributed by atoms with E-state index in [0.29, 0.717) is 18.3 Å². The van der Waals surface area contributed by atoms with Crippen LogP contribution in [0.5, 0.6) is 0 Å². The lowest BCUT2D eigenvalue weighted by Crippen LogP contribution is -2.22. The van der Waals surface area contributed by atoms with Crippen LogP contribution in [0.1, 0.15) is 31.5 Å². The van der Waals surface area contributed by atoms with E-state index in [-0.39, 0.29) is 10.8 Å². The van der Waals surface area contributed by atoms with Gasteiger partial charge in [-0.3, -0.25) is 9.00 Å². The van der Waals surface area contributed by atoms with Crippen LogP contribution in [0.4, 0.5) is 5.82 Å². The highest BCUT2D eigenvalue weighted by Crippen LogP contribution is 2.37. The lowest BCUT2D eigenvalue weighted by Gasteiger charge is -2.10. The molecule has 17 heavy (non-hydrogen) atoms. The van der Waals surface area contributed by atoms with E-state index in [0.717, 1.165) is 18.7 Å². The summed E-state index contributed by atoms with van der Waals surface area (Å²) in [5, 5.41) is 3.11. The molecule has 1 aromatic rings. The highest BCUT2D eigenvalue weighted by atomic mass is 32.2. The number of nitrogens with zero attached hydrogens (tertiary/aromatic N) is 1. The number of hydrogen-bond acceptors (Lipinski definition) is 4. The third-order valence-corrected chi connectivity index (χ3v) is 4.16. The molecular formula is C11H17N3O2S. The Labute approximate surface area is 103 Å². The molecule has 0 aliphatic heterocycles. The molecule has 1 heterocycles. The van der Waals surface area contributed by atoms with Crippen molar-refractivity contribution in [1.29, 1.82) is 0 Å². The number of aromatic amines is 1. The standard InChI is InChI=1S/C11H17N3O2S/c1-7(17(2)16)6-12-9-5-10(15)14-11(13-9)8-3-4-8/h5,7-8H,3-4,6H2,1-2H3,(H2,12,13,14,15). The van der Waals surface area contributed by atoms with Crippen molar-refractivity contribution >= 4 is 16.6 Å². The zero-order valence-corrected chi connectivity index (χ0v) is 10.8. The summed E-state index contributed by atoms with van der Waals surface area (Å²) < 4.78 is 11.2. The molecule has 94 valence electrons. The third kappa shape index (κ3) is 3.39. The molecule has 1 aliphatic carbocycles. The van der Waals surface area contributed by atoms with E-state index in [1.54, 1.807) is 6.26 Å². The number of H-pyrrole nitrogens is 1. The first-order chi connectivity index (χ1) is 8.06. The van der Waals surface area contributed by atoms with Crippen molar-refractivity contribution in [3.05, 3.63) is 22.2 Å². The summed E-state index contributed by atoms with van der Waals surface area (Å²) in [5.74, 6) is 1.76. The monoisotopic (exact) mass is 255 g/mol. The Morgan fingerprint density at radius 1 is 1.65 bits per heavy atom. The van der Waals surface area contributed by atoms with Crippen LogP contribution >= 0.6 is 0 Å². The van der Waals surface area contributed by atoms with Gasteiger partial charge in [0.05, 0.1) is 0 Å². The molecule has 1 aliphatic rings. The van der Waals surface area contributed by atoms with Gasteiger partial charge >= 0.3 is 0 Å². The Kier molecular flexibility index (Phi) is 3.61. The van der Waals surface area contributed by atoms with Crippen molar-refractivity contribution < 1.29 is 4.21 Å². The summed E-state index contributed by atoms with van der Waals surface area (Å²) in [5.41, 5.74) is -0.130. The first-order valence-corrected chi connectivity index (χ1v) is 7.35. The van der Waals surface area contributed by atoms with Crippen molar-refractivity contribution in [3.8, 4) is 0 Å². The number of rotatable bonds is 5. The molecule has 2 atom stereocenters. The minimum Gasteiger partial charge on any atom is -0.369 e. The van der Waals surface area contributed by atoms with Crippen LogP contribution in [0.25, 0.3) is 0 Å².